The first-order chi connectivity index (χ1) is 9.28. The van der Waals surface area contributed by atoms with E-state index in [9.17, 15) is 0 Å². The average molecular weight is 276 g/mol. The Labute approximate surface area is 117 Å². The molecule has 2 aromatic rings. The van der Waals surface area contributed by atoms with Crippen LogP contribution in [0.1, 0.15) is 26.7 Å². The van der Waals surface area contributed by atoms with Gasteiger partial charge in [-0.1, -0.05) is 13.8 Å². The van der Waals surface area contributed by atoms with Gasteiger partial charge < -0.3 is 10.6 Å². The molecule has 0 aliphatic heterocycles. The summed E-state index contributed by atoms with van der Waals surface area (Å²) in [6.07, 6.45) is 2.42. The summed E-state index contributed by atoms with van der Waals surface area (Å²) in [6.45, 7) is 6.39. The van der Waals surface area contributed by atoms with Crippen molar-refractivity contribution in [3.05, 3.63) is 11.4 Å². The molecule has 3 rings (SSSR count). The Morgan fingerprint density at radius 2 is 2.21 bits per heavy atom. The zero-order chi connectivity index (χ0) is 13.2. The van der Waals surface area contributed by atoms with Crippen LogP contribution in [0.5, 0.6) is 0 Å². The minimum atomic E-state index is 0.739. The molecule has 102 valence electrons. The molecule has 4 nitrogen and oxygen atoms in total. The summed E-state index contributed by atoms with van der Waals surface area (Å²) >= 11 is 1.67. The van der Waals surface area contributed by atoms with Crippen molar-refractivity contribution >= 4 is 33.3 Å². The van der Waals surface area contributed by atoms with Crippen molar-refractivity contribution in [3.63, 3.8) is 0 Å². The van der Waals surface area contributed by atoms with Crippen LogP contribution in [0, 0.1) is 11.8 Å². The third-order valence-electron chi connectivity index (χ3n) is 3.67. The number of fused-ring (bicyclic) bond motifs is 1. The Hall–Kier alpha value is -1.36. The standard InChI is InChI=1S/C14H20N4S/c1-3-5-15-14-17-12(16-8-10-7-9(10)2)11-4-6-19-13(11)18-14/h4,6,9-10H,3,5,7-8H2,1-2H3,(H2,15,16,17,18). The van der Waals surface area contributed by atoms with Gasteiger partial charge in [-0.25, -0.2) is 4.98 Å². The Morgan fingerprint density at radius 1 is 1.37 bits per heavy atom. The van der Waals surface area contributed by atoms with Crippen LogP contribution in [0.3, 0.4) is 0 Å². The fraction of sp³-hybridized carbons (Fsp3) is 0.571. The fourth-order valence-electron chi connectivity index (χ4n) is 2.22. The maximum absolute atomic E-state index is 4.61. The van der Waals surface area contributed by atoms with Crippen LogP contribution >= 0.6 is 11.3 Å². The van der Waals surface area contributed by atoms with E-state index >= 15 is 0 Å². The number of rotatable bonds is 6. The van der Waals surface area contributed by atoms with Gasteiger partial charge in [0.15, 0.2) is 0 Å². The molecule has 1 fully saturated rings. The number of aromatic nitrogens is 2. The molecule has 0 radical (unpaired) electrons. The first-order valence-electron chi connectivity index (χ1n) is 7.01. The van der Waals surface area contributed by atoms with Crippen molar-refractivity contribution in [2.24, 2.45) is 11.8 Å². The van der Waals surface area contributed by atoms with Gasteiger partial charge in [0.1, 0.15) is 10.6 Å². The Balaban J connectivity index is 1.80. The van der Waals surface area contributed by atoms with Gasteiger partial charge in [0, 0.05) is 13.1 Å². The first-order valence-corrected chi connectivity index (χ1v) is 7.89. The van der Waals surface area contributed by atoms with E-state index in [2.05, 4.69) is 45.9 Å². The molecule has 2 heterocycles. The van der Waals surface area contributed by atoms with Gasteiger partial charge in [0.05, 0.1) is 5.39 Å². The summed E-state index contributed by atoms with van der Waals surface area (Å²) < 4.78 is 0. The number of nitrogens with one attached hydrogen (secondary N) is 2. The zero-order valence-corrected chi connectivity index (χ0v) is 12.3. The second-order valence-electron chi connectivity index (χ2n) is 5.32. The molecule has 0 amide bonds. The van der Waals surface area contributed by atoms with Gasteiger partial charge in [0.2, 0.25) is 5.95 Å². The van der Waals surface area contributed by atoms with E-state index < -0.39 is 0 Å². The summed E-state index contributed by atoms with van der Waals surface area (Å²) in [4.78, 5) is 10.2. The van der Waals surface area contributed by atoms with E-state index in [4.69, 9.17) is 0 Å². The van der Waals surface area contributed by atoms with Crippen LogP contribution in [0.25, 0.3) is 10.2 Å². The predicted molar refractivity (Wildman–Crippen MR) is 82.0 cm³/mol. The lowest BCUT2D eigenvalue weighted by Gasteiger charge is -2.09. The molecule has 2 atom stereocenters. The minimum absolute atomic E-state index is 0.739. The monoisotopic (exact) mass is 276 g/mol. The van der Waals surface area contributed by atoms with E-state index in [1.54, 1.807) is 11.3 Å². The number of thiophene rings is 1. The van der Waals surface area contributed by atoms with Gasteiger partial charge in [-0.2, -0.15) is 4.98 Å². The maximum Gasteiger partial charge on any atom is 0.226 e. The van der Waals surface area contributed by atoms with Crippen LogP contribution in [0.15, 0.2) is 11.4 Å². The van der Waals surface area contributed by atoms with Crippen LogP contribution < -0.4 is 10.6 Å². The third-order valence-corrected chi connectivity index (χ3v) is 4.47. The van der Waals surface area contributed by atoms with Gasteiger partial charge >= 0.3 is 0 Å². The zero-order valence-electron chi connectivity index (χ0n) is 11.4. The second-order valence-corrected chi connectivity index (χ2v) is 6.21. The lowest BCUT2D eigenvalue weighted by molar-refractivity contribution is 0.785. The molecule has 19 heavy (non-hydrogen) atoms. The summed E-state index contributed by atoms with van der Waals surface area (Å²) in [5.41, 5.74) is 0. The van der Waals surface area contributed by atoms with Crippen molar-refractivity contribution < 1.29 is 0 Å². The van der Waals surface area contributed by atoms with Crippen LogP contribution in [-0.4, -0.2) is 23.1 Å². The topological polar surface area (TPSA) is 49.8 Å². The fourth-order valence-corrected chi connectivity index (χ4v) is 2.98. The van der Waals surface area contributed by atoms with Crippen LogP contribution in [0.2, 0.25) is 0 Å². The number of hydrogen-bond donors (Lipinski definition) is 2. The van der Waals surface area contributed by atoms with E-state index in [1.165, 1.54) is 6.42 Å². The van der Waals surface area contributed by atoms with Crippen molar-refractivity contribution in [2.45, 2.75) is 26.7 Å². The van der Waals surface area contributed by atoms with E-state index in [0.29, 0.717) is 0 Å². The van der Waals surface area contributed by atoms with E-state index in [1.807, 2.05) is 0 Å². The summed E-state index contributed by atoms with van der Waals surface area (Å²) in [5, 5.41) is 9.99. The highest BCUT2D eigenvalue weighted by Crippen LogP contribution is 2.38. The van der Waals surface area contributed by atoms with Crippen molar-refractivity contribution in [1.82, 2.24) is 9.97 Å². The Kier molecular flexibility index (Phi) is 3.55. The molecular weight excluding hydrogens is 256 g/mol. The second kappa shape index (κ2) is 5.33. The summed E-state index contributed by atoms with van der Waals surface area (Å²) in [5.74, 6) is 3.40. The molecule has 0 bridgehead atoms. The van der Waals surface area contributed by atoms with Crippen molar-refractivity contribution in [2.75, 3.05) is 23.7 Å². The predicted octanol–water partition coefficient (Wildman–Crippen LogP) is 3.58. The molecule has 1 aliphatic carbocycles. The summed E-state index contributed by atoms with van der Waals surface area (Å²) in [7, 11) is 0. The maximum atomic E-state index is 4.61. The average Bonchev–Trinajstić information content (AvgIpc) is 2.91. The third kappa shape index (κ3) is 2.81. The molecule has 2 aromatic heterocycles. The number of hydrogen-bond acceptors (Lipinski definition) is 5. The van der Waals surface area contributed by atoms with Crippen molar-refractivity contribution in [1.29, 1.82) is 0 Å². The Morgan fingerprint density at radius 3 is 2.95 bits per heavy atom. The quantitative estimate of drug-likeness (QED) is 0.846. The van der Waals surface area contributed by atoms with Gasteiger partial charge in [-0.05, 0) is 36.1 Å². The summed E-state index contributed by atoms with van der Waals surface area (Å²) in [6, 6.07) is 2.10. The lowest BCUT2D eigenvalue weighted by atomic mass is 10.3. The molecular formula is C14H20N4S. The minimum Gasteiger partial charge on any atom is -0.369 e. The first kappa shape index (κ1) is 12.7. The van der Waals surface area contributed by atoms with Crippen molar-refractivity contribution in [3.8, 4) is 0 Å². The Bertz CT molecular complexity index is 566. The van der Waals surface area contributed by atoms with Crippen LogP contribution in [0.4, 0.5) is 11.8 Å². The highest BCUT2D eigenvalue weighted by molar-refractivity contribution is 7.16. The SMILES string of the molecule is CCCNc1nc(NCC2CC2C)c2ccsc2n1. The molecule has 0 saturated heterocycles. The highest BCUT2D eigenvalue weighted by atomic mass is 32.1. The normalized spacial score (nSPS) is 21.6. The van der Waals surface area contributed by atoms with Gasteiger partial charge in [-0.15, -0.1) is 11.3 Å². The smallest absolute Gasteiger partial charge is 0.226 e. The molecule has 0 aromatic carbocycles. The molecule has 1 aliphatic rings. The van der Waals surface area contributed by atoms with E-state index in [0.717, 1.165) is 53.3 Å². The molecule has 2 N–H and O–H groups in total. The molecule has 1 saturated carbocycles. The van der Waals surface area contributed by atoms with Gasteiger partial charge in [0.25, 0.3) is 0 Å². The number of anilines is 2. The molecule has 2 unspecified atom stereocenters. The van der Waals surface area contributed by atoms with Gasteiger partial charge in [-0.3, -0.25) is 0 Å². The molecule has 5 heteroatoms. The van der Waals surface area contributed by atoms with Crippen LogP contribution in [-0.2, 0) is 0 Å². The highest BCUT2D eigenvalue weighted by Gasteiger charge is 2.32. The lowest BCUT2D eigenvalue weighted by Crippen LogP contribution is -2.10. The number of nitrogens with zero attached hydrogens (tertiary/aromatic N) is 2. The largest absolute Gasteiger partial charge is 0.369 e. The van der Waals surface area contributed by atoms with E-state index in [-0.39, 0.29) is 0 Å². The molecule has 0 spiro atoms.